The van der Waals surface area contributed by atoms with Crippen LogP contribution in [0.1, 0.15) is 60.7 Å². The number of carboxylic acids is 1. The van der Waals surface area contributed by atoms with Gasteiger partial charge in [0.05, 0.1) is 6.42 Å². The monoisotopic (exact) mass is 278 g/mol. The van der Waals surface area contributed by atoms with Crippen molar-refractivity contribution in [3.8, 4) is 0 Å². The van der Waals surface area contributed by atoms with Crippen LogP contribution in [0.4, 0.5) is 0 Å². The summed E-state index contributed by atoms with van der Waals surface area (Å²) in [6.07, 6.45) is 4.80. The Kier molecular flexibility index (Phi) is 3.46. The van der Waals surface area contributed by atoms with Crippen LogP contribution in [-0.4, -0.2) is 39.6 Å². The molecule has 20 heavy (non-hydrogen) atoms. The lowest BCUT2D eigenvalue weighted by Crippen LogP contribution is -2.44. The first-order valence-corrected chi connectivity index (χ1v) is 7.14. The highest BCUT2D eigenvalue weighted by Gasteiger charge is 2.33. The third-order valence-electron chi connectivity index (χ3n) is 4.03. The molecule has 1 saturated heterocycles. The van der Waals surface area contributed by atoms with Crippen molar-refractivity contribution in [1.29, 1.82) is 0 Å². The van der Waals surface area contributed by atoms with Crippen molar-refractivity contribution in [2.24, 2.45) is 0 Å². The van der Waals surface area contributed by atoms with Crippen molar-refractivity contribution in [3.63, 3.8) is 0 Å². The molecule has 0 bridgehead atoms. The number of rotatable bonds is 4. The van der Waals surface area contributed by atoms with E-state index in [1.807, 2.05) is 0 Å². The molecule has 1 aromatic heterocycles. The van der Waals surface area contributed by atoms with Crippen LogP contribution in [0.3, 0.4) is 0 Å². The Morgan fingerprint density at radius 1 is 1.35 bits per heavy atom. The van der Waals surface area contributed by atoms with Crippen molar-refractivity contribution in [1.82, 2.24) is 10.1 Å². The van der Waals surface area contributed by atoms with Gasteiger partial charge in [0.15, 0.2) is 5.69 Å². The lowest BCUT2D eigenvalue weighted by atomic mass is 9.99. The van der Waals surface area contributed by atoms with Gasteiger partial charge in [-0.25, -0.2) is 0 Å². The standard InChI is InChI=1S/C14H18N2O4/c17-13(18)7-10-3-1-2-6-16(10)14(19)11-8-12(20-15-11)9-4-5-9/h8-10H,1-7H2,(H,17,18). The van der Waals surface area contributed by atoms with E-state index in [9.17, 15) is 9.59 Å². The average Bonchev–Trinajstić information content (AvgIpc) is 3.16. The second-order valence-electron chi connectivity index (χ2n) is 5.63. The van der Waals surface area contributed by atoms with Crippen LogP contribution in [0.5, 0.6) is 0 Å². The number of likely N-dealkylation sites (tertiary alicyclic amines) is 1. The molecule has 1 unspecified atom stereocenters. The van der Waals surface area contributed by atoms with E-state index < -0.39 is 5.97 Å². The highest BCUT2D eigenvalue weighted by Crippen LogP contribution is 2.40. The van der Waals surface area contributed by atoms with Gasteiger partial charge in [-0.1, -0.05) is 5.16 Å². The quantitative estimate of drug-likeness (QED) is 0.911. The summed E-state index contributed by atoms with van der Waals surface area (Å²) >= 11 is 0. The maximum Gasteiger partial charge on any atom is 0.305 e. The molecule has 6 nitrogen and oxygen atoms in total. The van der Waals surface area contributed by atoms with Crippen LogP contribution in [-0.2, 0) is 4.79 Å². The number of carbonyl (C=O) groups is 2. The van der Waals surface area contributed by atoms with Crippen molar-refractivity contribution in [2.75, 3.05) is 6.54 Å². The predicted molar refractivity (Wildman–Crippen MR) is 69.4 cm³/mol. The van der Waals surface area contributed by atoms with E-state index in [0.29, 0.717) is 18.2 Å². The summed E-state index contributed by atoms with van der Waals surface area (Å²) < 4.78 is 5.20. The number of aliphatic carboxylic acids is 1. The van der Waals surface area contributed by atoms with Gasteiger partial charge >= 0.3 is 5.97 Å². The Balaban J connectivity index is 1.73. The highest BCUT2D eigenvalue weighted by atomic mass is 16.5. The Labute approximate surface area is 116 Å². The van der Waals surface area contributed by atoms with Crippen molar-refractivity contribution >= 4 is 11.9 Å². The first kappa shape index (κ1) is 13.1. The minimum absolute atomic E-state index is 0.000919. The second-order valence-corrected chi connectivity index (χ2v) is 5.63. The highest BCUT2D eigenvalue weighted by molar-refractivity contribution is 5.92. The van der Waals surface area contributed by atoms with E-state index in [1.165, 1.54) is 0 Å². The summed E-state index contributed by atoms with van der Waals surface area (Å²) in [5.74, 6) is 0.125. The molecule has 1 amide bonds. The van der Waals surface area contributed by atoms with Gasteiger partial charge in [0.2, 0.25) is 0 Å². The molecule has 1 N–H and O–H groups in total. The molecule has 108 valence electrons. The maximum atomic E-state index is 12.5. The number of hydrogen-bond acceptors (Lipinski definition) is 4. The second kappa shape index (κ2) is 5.26. The SMILES string of the molecule is O=C(O)CC1CCCCN1C(=O)c1cc(C2CC2)on1. The zero-order valence-electron chi connectivity index (χ0n) is 11.2. The van der Waals surface area contributed by atoms with Crippen molar-refractivity contribution in [3.05, 3.63) is 17.5 Å². The number of piperidine rings is 1. The maximum absolute atomic E-state index is 12.5. The molecular weight excluding hydrogens is 260 g/mol. The number of amides is 1. The third-order valence-corrected chi connectivity index (χ3v) is 4.03. The molecule has 0 spiro atoms. The first-order chi connectivity index (χ1) is 9.65. The Hall–Kier alpha value is -1.85. The van der Waals surface area contributed by atoms with Crippen LogP contribution in [0.25, 0.3) is 0 Å². The molecule has 1 atom stereocenters. The van der Waals surface area contributed by atoms with Crippen LogP contribution in [0.15, 0.2) is 10.6 Å². The van der Waals surface area contributed by atoms with E-state index in [4.69, 9.17) is 9.63 Å². The largest absolute Gasteiger partial charge is 0.481 e. The van der Waals surface area contributed by atoms with Crippen molar-refractivity contribution < 1.29 is 19.2 Å². The molecular formula is C14H18N2O4. The van der Waals surface area contributed by atoms with Crippen LogP contribution >= 0.6 is 0 Å². The Morgan fingerprint density at radius 2 is 2.15 bits per heavy atom. The van der Waals surface area contributed by atoms with Gasteiger partial charge in [-0.3, -0.25) is 9.59 Å². The number of carboxylic acid groups (broad SMARTS) is 1. The smallest absolute Gasteiger partial charge is 0.305 e. The summed E-state index contributed by atoms with van der Waals surface area (Å²) in [5.41, 5.74) is 0.309. The molecule has 2 heterocycles. The topological polar surface area (TPSA) is 83.6 Å². The molecule has 6 heteroatoms. The van der Waals surface area contributed by atoms with Gasteiger partial charge < -0.3 is 14.5 Å². The molecule has 2 fully saturated rings. The predicted octanol–water partition coefficient (Wildman–Crippen LogP) is 2.02. The fourth-order valence-corrected chi connectivity index (χ4v) is 2.78. The Bertz CT molecular complexity index is 521. The summed E-state index contributed by atoms with van der Waals surface area (Å²) in [6.45, 7) is 0.600. The van der Waals surface area contributed by atoms with E-state index in [1.54, 1.807) is 11.0 Å². The molecule has 1 aliphatic carbocycles. The molecule has 0 radical (unpaired) electrons. The van der Waals surface area contributed by atoms with Crippen molar-refractivity contribution in [2.45, 2.75) is 50.5 Å². The molecule has 3 rings (SSSR count). The van der Waals surface area contributed by atoms with Crippen LogP contribution in [0.2, 0.25) is 0 Å². The fraction of sp³-hybridized carbons (Fsp3) is 0.643. The third kappa shape index (κ3) is 2.69. The van der Waals surface area contributed by atoms with Crippen LogP contribution < -0.4 is 0 Å². The van der Waals surface area contributed by atoms with E-state index in [0.717, 1.165) is 37.9 Å². The number of nitrogens with zero attached hydrogens (tertiary/aromatic N) is 2. The summed E-state index contributed by atoms with van der Waals surface area (Å²) in [4.78, 5) is 25.0. The van der Waals surface area contributed by atoms with Gasteiger partial charge in [0, 0.05) is 24.6 Å². The zero-order valence-corrected chi connectivity index (χ0v) is 11.2. The molecule has 2 aliphatic rings. The minimum atomic E-state index is -0.867. The number of aromatic nitrogens is 1. The lowest BCUT2D eigenvalue weighted by molar-refractivity contribution is -0.138. The number of carbonyl (C=O) groups excluding carboxylic acids is 1. The molecule has 1 saturated carbocycles. The normalized spacial score (nSPS) is 22.8. The summed E-state index contributed by atoms with van der Waals surface area (Å²) in [7, 11) is 0. The molecule has 1 aromatic rings. The van der Waals surface area contributed by atoms with Gasteiger partial charge in [-0.15, -0.1) is 0 Å². The minimum Gasteiger partial charge on any atom is -0.481 e. The van der Waals surface area contributed by atoms with Gasteiger partial charge in [-0.2, -0.15) is 0 Å². The van der Waals surface area contributed by atoms with Gasteiger partial charge in [-0.05, 0) is 32.1 Å². The Morgan fingerprint density at radius 3 is 2.85 bits per heavy atom. The lowest BCUT2D eigenvalue weighted by Gasteiger charge is -2.34. The first-order valence-electron chi connectivity index (χ1n) is 7.14. The van der Waals surface area contributed by atoms with E-state index >= 15 is 0 Å². The van der Waals surface area contributed by atoms with E-state index in [-0.39, 0.29) is 18.4 Å². The zero-order chi connectivity index (χ0) is 14.1. The fourth-order valence-electron chi connectivity index (χ4n) is 2.78. The van der Waals surface area contributed by atoms with Gasteiger partial charge in [0.1, 0.15) is 5.76 Å². The average molecular weight is 278 g/mol. The summed E-state index contributed by atoms with van der Waals surface area (Å²) in [5, 5.41) is 12.8. The van der Waals surface area contributed by atoms with E-state index in [2.05, 4.69) is 5.16 Å². The van der Waals surface area contributed by atoms with Crippen LogP contribution in [0, 0.1) is 0 Å². The molecule has 1 aliphatic heterocycles. The number of hydrogen-bond donors (Lipinski definition) is 1. The van der Waals surface area contributed by atoms with Gasteiger partial charge in [0.25, 0.3) is 5.91 Å². The summed E-state index contributed by atoms with van der Waals surface area (Å²) in [6, 6.07) is 1.49. The molecule has 0 aromatic carbocycles.